The Labute approximate surface area is 146 Å². The topological polar surface area (TPSA) is 68.8 Å². The molecule has 1 saturated heterocycles. The van der Waals surface area contributed by atoms with Gasteiger partial charge in [-0.2, -0.15) is 5.10 Å². The van der Waals surface area contributed by atoms with E-state index in [1.807, 2.05) is 24.0 Å². The van der Waals surface area contributed by atoms with Gasteiger partial charge in [-0.15, -0.1) is 0 Å². The molecule has 4 rings (SSSR count). The minimum absolute atomic E-state index is 0.0548. The van der Waals surface area contributed by atoms with E-state index in [4.69, 9.17) is 4.98 Å². The minimum Gasteiger partial charge on any atom is -0.337 e. The Morgan fingerprint density at radius 1 is 1.24 bits per heavy atom. The number of carbonyl (C=O) groups excluding carboxylic acids is 1. The number of imidazole rings is 1. The second kappa shape index (κ2) is 6.31. The molecule has 1 atom stereocenters. The van der Waals surface area contributed by atoms with Crippen molar-refractivity contribution >= 4 is 17.1 Å². The van der Waals surface area contributed by atoms with Crippen molar-refractivity contribution in [1.29, 1.82) is 0 Å². The fraction of sp³-hybridized carbons (Fsp3) is 0.444. The van der Waals surface area contributed by atoms with Crippen LogP contribution < -0.4 is 0 Å². The van der Waals surface area contributed by atoms with E-state index in [9.17, 15) is 4.79 Å². The van der Waals surface area contributed by atoms with Gasteiger partial charge in [-0.1, -0.05) is 0 Å². The van der Waals surface area contributed by atoms with Crippen LogP contribution in [-0.2, 0) is 13.1 Å². The summed E-state index contributed by atoms with van der Waals surface area (Å²) < 4.78 is 3.92. The number of carbonyl (C=O) groups is 1. The van der Waals surface area contributed by atoms with Gasteiger partial charge in [0.05, 0.1) is 0 Å². The molecule has 130 valence electrons. The summed E-state index contributed by atoms with van der Waals surface area (Å²) in [6.07, 6.45) is 4.41. The molecule has 3 aromatic rings. The second-order valence-electron chi connectivity index (χ2n) is 6.33. The van der Waals surface area contributed by atoms with Crippen LogP contribution in [0.15, 0.2) is 30.6 Å². The van der Waals surface area contributed by atoms with Crippen LogP contribution in [0.1, 0.15) is 42.5 Å². The highest BCUT2D eigenvalue weighted by atomic mass is 16.2. The molecule has 0 radical (unpaired) electrons. The fourth-order valence-electron chi connectivity index (χ4n) is 3.68. The van der Waals surface area contributed by atoms with Gasteiger partial charge in [-0.05, 0) is 38.5 Å². The van der Waals surface area contributed by atoms with Gasteiger partial charge in [0.15, 0.2) is 5.65 Å². The zero-order valence-electron chi connectivity index (χ0n) is 14.6. The summed E-state index contributed by atoms with van der Waals surface area (Å²) in [4.78, 5) is 24.0. The number of nitrogens with zero attached hydrogens (tertiary/aromatic N) is 6. The van der Waals surface area contributed by atoms with E-state index in [0.29, 0.717) is 18.8 Å². The lowest BCUT2D eigenvalue weighted by Crippen LogP contribution is -2.30. The van der Waals surface area contributed by atoms with Crippen molar-refractivity contribution in [3.05, 3.63) is 42.1 Å². The normalized spacial score (nSPS) is 17.5. The van der Waals surface area contributed by atoms with Gasteiger partial charge in [0.2, 0.25) is 0 Å². The van der Waals surface area contributed by atoms with Crippen LogP contribution >= 0.6 is 0 Å². The first-order valence-electron chi connectivity index (χ1n) is 8.85. The quantitative estimate of drug-likeness (QED) is 0.732. The Balaban J connectivity index is 1.60. The summed E-state index contributed by atoms with van der Waals surface area (Å²) >= 11 is 0. The summed E-state index contributed by atoms with van der Waals surface area (Å²) in [7, 11) is 0. The maximum Gasteiger partial charge on any atom is 0.272 e. The van der Waals surface area contributed by atoms with E-state index < -0.39 is 0 Å². The lowest BCUT2D eigenvalue weighted by Gasteiger charge is -2.17. The smallest absolute Gasteiger partial charge is 0.272 e. The third-order valence-corrected chi connectivity index (χ3v) is 4.93. The molecule has 0 unspecified atom stereocenters. The molecular formula is C18H22N6O. The predicted molar refractivity (Wildman–Crippen MR) is 94.4 cm³/mol. The number of pyridine rings is 1. The van der Waals surface area contributed by atoms with Crippen molar-refractivity contribution < 1.29 is 4.79 Å². The van der Waals surface area contributed by atoms with Crippen LogP contribution in [0.4, 0.5) is 0 Å². The van der Waals surface area contributed by atoms with Crippen LogP contribution in [-0.4, -0.2) is 48.2 Å². The zero-order valence-corrected chi connectivity index (χ0v) is 14.6. The van der Waals surface area contributed by atoms with Gasteiger partial charge in [-0.25, -0.2) is 9.97 Å². The SMILES string of the molecule is CCn1nccc1C(=O)N1CC[C@@H](c2nc3cccnc3n2CC)C1. The Bertz CT molecular complexity index is 911. The van der Waals surface area contributed by atoms with Crippen LogP contribution in [0.3, 0.4) is 0 Å². The van der Waals surface area contributed by atoms with Crippen LogP contribution in [0.2, 0.25) is 0 Å². The van der Waals surface area contributed by atoms with E-state index in [0.717, 1.165) is 36.5 Å². The first-order valence-corrected chi connectivity index (χ1v) is 8.85. The number of hydrogen-bond donors (Lipinski definition) is 0. The number of amides is 1. The van der Waals surface area contributed by atoms with Crippen molar-refractivity contribution in [2.75, 3.05) is 13.1 Å². The zero-order chi connectivity index (χ0) is 17.4. The first-order chi connectivity index (χ1) is 12.2. The highest BCUT2D eigenvalue weighted by Crippen LogP contribution is 2.29. The number of rotatable bonds is 4. The van der Waals surface area contributed by atoms with Gasteiger partial charge in [0, 0.05) is 44.5 Å². The molecule has 3 aromatic heterocycles. The van der Waals surface area contributed by atoms with Gasteiger partial charge >= 0.3 is 0 Å². The number of fused-ring (bicyclic) bond motifs is 1. The number of aromatic nitrogens is 5. The van der Waals surface area contributed by atoms with Crippen molar-refractivity contribution in [1.82, 2.24) is 29.2 Å². The van der Waals surface area contributed by atoms with Gasteiger partial charge < -0.3 is 9.47 Å². The van der Waals surface area contributed by atoms with Crippen LogP contribution in [0, 0.1) is 0 Å². The number of hydrogen-bond acceptors (Lipinski definition) is 4. The van der Waals surface area contributed by atoms with Crippen molar-refractivity contribution in [2.24, 2.45) is 0 Å². The molecule has 0 spiro atoms. The highest BCUT2D eigenvalue weighted by molar-refractivity contribution is 5.92. The summed E-state index contributed by atoms with van der Waals surface area (Å²) in [5.74, 6) is 1.34. The number of likely N-dealkylation sites (tertiary alicyclic amines) is 1. The lowest BCUT2D eigenvalue weighted by atomic mass is 10.1. The first kappa shape index (κ1) is 15.8. The third-order valence-electron chi connectivity index (χ3n) is 4.93. The molecule has 0 bridgehead atoms. The minimum atomic E-state index is 0.0548. The molecule has 0 N–H and O–H groups in total. The van der Waals surface area contributed by atoms with E-state index >= 15 is 0 Å². The largest absolute Gasteiger partial charge is 0.337 e. The second-order valence-corrected chi connectivity index (χ2v) is 6.33. The number of aryl methyl sites for hydroxylation is 2. The van der Waals surface area contributed by atoms with Crippen molar-refractivity contribution in [3.8, 4) is 0 Å². The van der Waals surface area contributed by atoms with E-state index in [2.05, 4.69) is 21.6 Å². The molecule has 4 heterocycles. The third kappa shape index (κ3) is 2.59. The molecule has 7 heteroatoms. The summed E-state index contributed by atoms with van der Waals surface area (Å²) in [6, 6.07) is 5.70. The molecule has 0 aliphatic carbocycles. The lowest BCUT2D eigenvalue weighted by molar-refractivity contribution is 0.0778. The Kier molecular flexibility index (Phi) is 3.99. The molecule has 1 aliphatic rings. The average molecular weight is 338 g/mol. The fourth-order valence-corrected chi connectivity index (χ4v) is 3.68. The predicted octanol–water partition coefficient (Wildman–Crippen LogP) is 2.30. The standard InChI is InChI=1S/C18H22N6O/c1-3-23-16(21-14-6-5-9-19-17(14)23)13-8-11-22(12-13)18(25)15-7-10-20-24(15)4-2/h5-7,9-10,13H,3-4,8,11-12H2,1-2H3/t13-/m1/s1. The summed E-state index contributed by atoms with van der Waals surface area (Å²) in [6.45, 7) is 7.07. The molecule has 1 amide bonds. The van der Waals surface area contributed by atoms with Gasteiger partial charge in [0.1, 0.15) is 17.0 Å². The molecular weight excluding hydrogens is 316 g/mol. The van der Waals surface area contributed by atoms with Crippen LogP contribution in [0.5, 0.6) is 0 Å². The van der Waals surface area contributed by atoms with Gasteiger partial charge in [0.25, 0.3) is 5.91 Å². The summed E-state index contributed by atoms with van der Waals surface area (Å²) in [5, 5.41) is 4.20. The molecule has 25 heavy (non-hydrogen) atoms. The molecule has 7 nitrogen and oxygen atoms in total. The van der Waals surface area contributed by atoms with Crippen LogP contribution in [0.25, 0.3) is 11.2 Å². The van der Waals surface area contributed by atoms with E-state index in [1.54, 1.807) is 23.1 Å². The van der Waals surface area contributed by atoms with E-state index in [-0.39, 0.29) is 11.8 Å². The molecule has 1 aliphatic heterocycles. The van der Waals surface area contributed by atoms with Crippen molar-refractivity contribution in [2.45, 2.75) is 39.3 Å². The molecule has 0 aromatic carbocycles. The Morgan fingerprint density at radius 2 is 2.12 bits per heavy atom. The Hall–Kier alpha value is -2.70. The van der Waals surface area contributed by atoms with E-state index in [1.165, 1.54) is 0 Å². The van der Waals surface area contributed by atoms with Crippen molar-refractivity contribution in [3.63, 3.8) is 0 Å². The summed E-state index contributed by atoms with van der Waals surface area (Å²) in [5.41, 5.74) is 2.51. The molecule has 0 saturated carbocycles. The highest BCUT2D eigenvalue weighted by Gasteiger charge is 2.32. The van der Waals surface area contributed by atoms with Gasteiger partial charge in [-0.3, -0.25) is 9.48 Å². The maximum absolute atomic E-state index is 12.8. The Morgan fingerprint density at radius 3 is 2.92 bits per heavy atom. The molecule has 1 fully saturated rings. The maximum atomic E-state index is 12.8. The monoisotopic (exact) mass is 338 g/mol. The average Bonchev–Trinajstić information content (AvgIpc) is 3.37.